The molecule has 0 bridgehead atoms. The van der Waals surface area contributed by atoms with Gasteiger partial charge >= 0.3 is 5.97 Å². The Bertz CT molecular complexity index is 613. The minimum atomic E-state index is -0.379. The molecule has 0 saturated heterocycles. The lowest BCUT2D eigenvalue weighted by molar-refractivity contribution is 0.0525. The smallest absolute Gasteiger partial charge is 0.341 e. The molecular weight excluding hydrogens is 279 g/mol. The second-order valence-corrected chi connectivity index (χ2v) is 5.14. The molecule has 0 aliphatic carbocycles. The molecule has 106 valence electrons. The number of benzene rings is 1. The first-order valence-electron chi connectivity index (χ1n) is 6.18. The fourth-order valence-electron chi connectivity index (χ4n) is 1.72. The zero-order chi connectivity index (χ0) is 14.5. The Morgan fingerprint density at radius 3 is 3.00 bits per heavy atom. The van der Waals surface area contributed by atoms with Gasteiger partial charge in [0, 0.05) is 17.7 Å². The third-order valence-corrected chi connectivity index (χ3v) is 3.73. The van der Waals surface area contributed by atoms with E-state index in [1.165, 1.54) is 30.1 Å². The fraction of sp³-hybridized carbons (Fsp3) is 0.286. The van der Waals surface area contributed by atoms with Crippen molar-refractivity contribution < 1.29 is 13.9 Å². The van der Waals surface area contributed by atoms with Gasteiger partial charge < -0.3 is 4.74 Å². The van der Waals surface area contributed by atoms with E-state index < -0.39 is 0 Å². The van der Waals surface area contributed by atoms with Gasteiger partial charge in [-0.15, -0.1) is 11.8 Å². The van der Waals surface area contributed by atoms with Gasteiger partial charge in [0.25, 0.3) is 0 Å². The average Bonchev–Trinajstić information content (AvgIpc) is 2.78. The molecule has 0 N–H and O–H groups in total. The number of carbonyl (C=O) groups excluding carboxylic acids is 1. The quantitative estimate of drug-likeness (QED) is 0.628. The van der Waals surface area contributed by atoms with Crippen molar-refractivity contribution in [3.8, 4) is 0 Å². The van der Waals surface area contributed by atoms with Crippen molar-refractivity contribution >= 4 is 17.7 Å². The Morgan fingerprint density at radius 1 is 1.50 bits per heavy atom. The first-order valence-corrected chi connectivity index (χ1v) is 7.16. The maximum absolute atomic E-state index is 13.1. The summed E-state index contributed by atoms with van der Waals surface area (Å²) in [5, 5.41) is 4.08. The largest absolute Gasteiger partial charge is 0.462 e. The van der Waals surface area contributed by atoms with Crippen molar-refractivity contribution in [1.29, 1.82) is 0 Å². The highest BCUT2D eigenvalue weighted by molar-refractivity contribution is 7.98. The van der Waals surface area contributed by atoms with Crippen molar-refractivity contribution in [3.63, 3.8) is 0 Å². The summed E-state index contributed by atoms with van der Waals surface area (Å²) in [4.78, 5) is 12.6. The minimum Gasteiger partial charge on any atom is -0.462 e. The number of nitrogens with zero attached hydrogens (tertiary/aromatic N) is 2. The van der Waals surface area contributed by atoms with Crippen molar-refractivity contribution in [2.45, 2.75) is 17.6 Å². The summed E-state index contributed by atoms with van der Waals surface area (Å²) in [5.41, 5.74) is 1.22. The molecule has 4 nitrogen and oxygen atoms in total. The third kappa shape index (κ3) is 3.39. The van der Waals surface area contributed by atoms with Crippen LogP contribution in [0, 0.1) is 5.82 Å². The Balaban J connectivity index is 2.13. The van der Waals surface area contributed by atoms with E-state index in [9.17, 15) is 9.18 Å². The van der Waals surface area contributed by atoms with Crippen LogP contribution in [0.4, 0.5) is 4.39 Å². The predicted molar refractivity (Wildman–Crippen MR) is 75.1 cm³/mol. The molecule has 0 spiro atoms. The maximum atomic E-state index is 13.1. The molecule has 20 heavy (non-hydrogen) atoms. The molecule has 0 atom stereocenters. The number of halogens is 1. The number of rotatable bonds is 5. The summed E-state index contributed by atoms with van der Waals surface area (Å²) < 4.78 is 19.7. The normalized spacial score (nSPS) is 10.6. The molecule has 0 fully saturated rings. The van der Waals surface area contributed by atoms with E-state index in [0.29, 0.717) is 17.9 Å². The first kappa shape index (κ1) is 14.6. The number of aryl methyl sites for hydroxylation is 1. The van der Waals surface area contributed by atoms with Crippen LogP contribution in [0.1, 0.15) is 23.0 Å². The second kappa shape index (κ2) is 6.56. The second-order valence-electron chi connectivity index (χ2n) is 4.10. The van der Waals surface area contributed by atoms with Crippen LogP contribution in [-0.4, -0.2) is 22.4 Å². The van der Waals surface area contributed by atoms with Crippen LogP contribution in [0.3, 0.4) is 0 Å². The third-order valence-electron chi connectivity index (χ3n) is 2.73. The Hall–Kier alpha value is -1.82. The zero-order valence-electron chi connectivity index (χ0n) is 11.3. The highest BCUT2D eigenvalue weighted by Gasteiger charge is 2.17. The molecular formula is C14H15FN2O2S. The molecule has 1 aromatic heterocycles. The fourth-order valence-corrected chi connectivity index (χ4v) is 2.74. The zero-order valence-corrected chi connectivity index (χ0v) is 12.1. The monoisotopic (exact) mass is 294 g/mol. The Kier molecular flexibility index (Phi) is 4.79. The number of esters is 1. The molecule has 0 aliphatic heterocycles. The van der Waals surface area contributed by atoms with Gasteiger partial charge in [-0.1, -0.05) is 6.07 Å². The number of aromatic nitrogens is 2. The molecule has 0 aliphatic rings. The topological polar surface area (TPSA) is 44.1 Å². The summed E-state index contributed by atoms with van der Waals surface area (Å²) in [5.74, 6) is -0.130. The molecule has 2 aromatic rings. The lowest BCUT2D eigenvalue weighted by Crippen LogP contribution is -2.08. The van der Waals surface area contributed by atoms with Gasteiger partial charge in [-0.25, -0.2) is 9.18 Å². The van der Waals surface area contributed by atoms with E-state index in [4.69, 9.17) is 4.74 Å². The molecule has 1 heterocycles. The van der Waals surface area contributed by atoms with Gasteiger partial charge in [-0.2, -0.15) is 5.10 Å². The Labute approximate surface area is 120 Å². The van der Waals surface area contributed by atoms with Crippen molar-refractivity contribution in [2.75, 3.05) is 6.61 Å². The summed E-state index contributed by atoms with van der Waals surface area (Å²) in [6.45, 7) is 2.08. The number of hydrogen-bond donors (Lipinski definition) is 0. The molecule has 0 amide bonds. The van der Waals surface area contributed by atoms with Crippen LogP contribution >= 0.6 is 11.8 Å². The highest BCUT2D eigenvalue weighted by atomic mass is 32.2. The van der Waals surface area contributed by atoms with Crippen LogP contribution in [0.25, 0.3) is 0 Å². The van der Waals surface area contributed by atoms with Crippen LogP contribution in [-0.2, 0) is 17.5 Å². The predicted octanol–water partition coefficient (Wildman–Crippen LogP) is 3.03. The van der Waals surface area contributed by atoms with Gasteiger partial charge in [-0.3, -0.25) is 4.68 Å². The molecule has 2 rings (SSSR count). The van der Waals surface area contributed by atoms with Gasteiger partial charge in [0.05, 0.1) is 18.5 Å². The Morgan fingerprint density at radius 2 is 2.30 bits per heavy atom. The molecule has 1 aromatic carbocycles. The lowest BCUT2D eigenvalue weighted by Gasteiger charge is -2.06. The lowest BCUT2D eigenvalue weighted by atomic mass is 10.3. The van der Waals surface area contributed by atoms with E-state index >= 15 is 0 Å². The van der Waals surface area contributed by atoms with E-state index in [0.717, 1.165) is 10.6 Å². The molecule has 0 unspecified atom stereocenters. The SMILES string of the molecule is CCOC(=O)c1cnn(C)c1CSc1cccc(F)c1. The molecule has 6 heteroatoms. The van der Waals surface area contributed by atoms with Crippen LogP contribution in [0.15, 0.2) is 35.4 Å². The maximum Gasteiger partial charge on any atom is 0.341 e. The van der Waals surface area contributed by atoms with Crippen LogP contribution in [0.5, 0.6) is 0 Å². The van der Waals surface area contributed by atoms with Crippen LogP contribution < -0.4 is 0 Å². The molecule has 0 radical (unpaired) electrons. The van der Waals surface area contributed by atoms with E-state index in [1.54, 1.807) is 24.7 Å². The first-order chi connectivity index (χ1) is 9.61. The number of carbonyl (C=O) groups is 1. The van der Waals surface area contributed by atoms with Gasteiger partial charge in [0.2, 0.25) is 0 Å². The number of ether oxygens (including phenoxy) is 1. The molecule has 0 saturated carbocycles. The van der Waals surface area contributed by atoms with Gasteiger partial charge in [0.15, 0.2) is 0 Å². The highest BCUT2D eigenvalue weighted by Crippen LogP contribution is 2.25. The van der Waals surface area contributed by atoms with Crippen LogP contribution in [0.2, 0.25) is 0 Å². The summed E-state index contributed by atoms with van der Waals surface area (Å²) in [6, 6.07) is 6.35. The van der Waals surface area contributed by atoms with Crippen molar-refractivity contribution in [2.24, 2.45) is 7.05 Å². The number of thioether (sulfide) groups is 1. The van der Waals surface area contributed by atoms with Gasteiger partial charge in [-0.05, 0) is 25.1 Å². The average molecular weight is 294 g/mol. The summed E-state index contributed by atoms with van der Waals surface area (Å²) in [7, 11) is 1.77. The van der Waals surface area contributed by atoms with Crippen molar-refractivity contribution in [3.05, 3.63) is 47.5 Å². The summed E-state index contributed by atoms with van der Waals surface area (Å²) in [6.07, 6.45) is 1.50. The van der Waals surface area contributed by atoms with Crippen molar-refractivity contribution in [1.82, 2.24) is 9.78 Å². The van der Waals surface area contributed by atoms with E-state index in [1.807, 2.05) is 6.07 Å². The summed E-state index contributed by atoms with van der Waals surface area (Å²) >= 11 is 1.45. The van der Waals surface area contributed by atoms with E-state index in [2.05, 4.69) is 5.10 Å². The number of hydrogen-bond acceptors (Lipinski definition) is 4. The standard InChI is InChI=1S/C14H15FN2O2S/c1-3-19-14(18)12-8-16-17(2)13(12)9-20-11-6-4-5-10(15)7-11/h4-8H,3,9H2,1-2H3. The van der Waals surface area contributed by atoms with Gasteiger partial charge in [0.1, 0.15) is 11.4 Å². The minimum absolute atomic E-state index is 0.273. The van der Waals surface area contributed by atoms with E-state index in [-0.39, 0.29) is 11.8 Å².